The number of nitrogens with one attached hydrogen (secondary N) is 1. The molecule has 2 heteroatoms. The van der Waals surface area contributed by atoms with Gasteiger partial charge in [0.1, 0.15) is 0 Å². The second-order valence-corrected chi connectivity index (χ2v) is 4.72. The molecule has 0 aliphatic rings. The number of aryl methyl sites for hydroxylation is 1. The summed E-state index contributed by atoms with van der Waals surface area (Å²) in [4.78, 5) is 2.38. The summed E-state index contributed by atoms with van der Waals surface area (Å²) in [6, 6.07) is 9.77. The Hall–Kier alpha value is -0.860. The standard InChI is InChI=1S/C14H24N2/c1-11-7-6-8-14(9-11)10-16(5)13(3)12(2)15-4/h6-9,12-13,15H,10H2,1-5H3. The molecular formula is C14H24N2. The van der Waals surface area contributed by atoms with Crippen LogP contribution in [0.5, 0.6) is 0 Å². The van der Waals surface area contributed by atoms with Gasteiger partial charge in [-0.1, -0.05) is 29.8 Å². The molecule has 2 atom stereocenters. The van der Waals surface area contributed by atoms with Crippen molar-refractivity contribution in [2.24, 2.45) is 0 Å². The minimum absolute atomic E-state index is 0.509. The predicted octanol–water partition coefficient (Wildman–Crippen LogP) is 2.42. The van der Waals surface area contributed by atoms with E-state index < -0.39 is 0 Å². The summed E-state index contributed by atoms with van der Waals surface area (Å²) in [6.45, 7) is 7.63. The van der Waals surface area contributed by atoms with Gasteiger partial charge in [0.2, 0.25) is 0 Å². The number of benzene rings is 1. The van der Waals surface area contributed by atoms with Gasteiger partial charge in [-0.3, -0.25) is 4.90 Å². The molecule has 0 saturated heterocycles. The first-order valence-corrected chi connectivity index (χ1v) is 5.97. The van der Waals surface area contributed by atoms with Gasteiger partial charge in [-0.15, -0.1) is 0 Å². The van der Waals surface area contributed by atoms with Gasteiger partial charge < -0.3 is 5.32 Å². The summed E-state index contributed by atoms with van der Waals surface area (Å²) in [5.74, 6) is 0. The number of hydrogen-bond donors (Lipinski definition) is 1. The van der Waals surface area contributed by atoms with Crippen LogP contribution < -0.4 is 5.32 Å². The topological polar surface area (TPSA) is 15.3 Å². The summed E-state index contributed by atoms with van der Waals surface area (Å²) in [6.07, 6.45) is 0. The van der Waals surface area contributed by atoms with Crippen molar-refractivity contribution in [3.63, 3.8) is 0 Å². The number of likely N-dealkylation sites (N-methyl/N-ethyl adjacent to an activating group) is 2. The second-order valence-electron chi connectivity index (χ2n) is 4.72. The first kappa shape index (κ1) is 13.2. The number of nitrogens with zero attached hydrogens (tertiary/aromatic N) is 1. The van der Waals surface area contributed by atoms with Gasteiger partial charge in [0, 0.05) is 18.6 Å². The smallest absolute Gasteiger partial charge is 0.0234 e. The highest BCUT2D eigenvalue weighted by Crippen LogP contribution is 2.10. The first-order valence-electron chi connectivity index (χ1n) is 5.97. The molecular weight excluding hydrogens is 196 g/mol. The van der Waals surface area contributed by atoms with Crippen molar-refractivity contribution in [1.29, 1.82) is 0 Å². The highest BCUT2D eigenvalue weighted by Gasteiger charge is 2.15. The van der Waals surface area contributed by atoms with Crippen LogP contribution in [0.25, 0.3) is 0 Å². The van der Waals surface area contributed by atoms with E-state index in [2.05, 4.69) is 62.3 Å². The van der Waals surface area contributed by atoms with Gasteiger partial charge in [0.15, 0.2) is 0 Å². The van der Waals surface area contributed by atoms with Crippen LogP contribution in [0.1, 0.15) is 25.0 Å². The van der Waals surface area contributed by atoms with E-state index in [0.29, 0.717) is 12.1 Å². The second kappa shape index (κ2) is 6.02. The molecule has 16 heavy (non-hydrogen) atoms. The third-order valence-corrected chi connectivity index (χ3v) is 3.39. The van der Waals surface area contributed by atoms with E-state index in [1.54, 1.807) is 0 Å². The zero-order valence-electron chi connectivity index (χ0n) is 11.1. The Morgan fingerprint density at radius 2 is 2.00 bits per heavy atom. The Bertz CT molecular complexity index is 322. The molecule has 90 valence electrons. The van der Waals surface area contributed by atoms with Gasteiger partial charge in [-0.25, -0.2) is 0 Å². The third-order valence-electron chi connectivity index (χ3n) is 3.39. The predicted molar refractivity (Wildman–Crippen MR) is 70.6 cm³/mol. The minimum Gasteiger partial charge on any atom is -0.316 e. The average molecular weight is 220 g/mol. The third kappa shape index (κ3) is 3.62. The van der Waals surface area contributed by atoms with Crippen LogP contribution in [0.4, 0.5) is 0 Å². The lowest BCUT2D eigenvalue weighted by Gasteiger charge is -2.29. The Morgan fingerprint density at radius 1 is 1.31 bits per heavy atom. The SMILES string of the molecule is CNC(C)C(C)N(C)Cc1cccc(C)c1. The number of hydrogen-bond acceptors (Lipinski definition) is 2. The van der Waals surface area contributed by atoms with Gasteiger partial charge >= 0.3 is 0 Å². The monoisotopic (exact) mass is 220 g/mol. The van der Waals surface area contributed by atoms with Crippen LogP contribution in [0.2, 0.25) is 0 Å². The molecule has 0 heterocycles. The molecule has 2 unspecified atom stereocenters. The largest absolute Gasteiger partial charge is 0.316 e. The lowest BCUT2D eigenvalue weighted by Crippen LogP contribution is -2.43. The van der Waals surface area contributed by atoms with Gasteiger partial charge in [0.05, 0.1) is 0 Å². The van der Waals surface area contributed by atoms with Gasteiger partial charge in [-0.05, 0) is 40.4 Å². The Kier molecular flexibility index (Phi) is 4.97. The zero-order chi connectivity index (χ0) is 12.1. The van der Waals surface area contributed by atoms with Gasteiger partial charge in [0.25, 0.3) is 0 Å². The maximum absolute atomic E-state index is 3.30. The van der Waals surface area contributed by atoms with E-state index in [0.717, 1.165) is 6.54 Å². The van der Waals surface area contributed by atoms with Crippen LogP contribution in [0.15, 0.2) is 24.3 Å². The van der Waals surface area contributed by atoms with Crippen molar-refractivity contribution in [2.75, 3.05) is 14.1 Å². The molecule has 0 saturated carbocycles. The van der Waals surface area contributed by atoms with Crippen LogP contribution in [0.3, 0.4) is 0 Å². The van der Waals surface area contributed by atoms with E-state index in [-0.39, 0.29) is 0 Å². The highest BCUT2D eigenvalue weighted by molar-refractivity contribution is 5.22. The van der Waals surface area contributed by atoms with E-state index in [9.17, 15) is 0 Å². The fraction of sp³-hybridized carbons (Fsp3) is 0.571. The molecule has 0 spiro atoms. The normalized spacial score (nSPS) is 15.1. The molecule has 1 N–H and O–H groups in total. The molecule has 1 aromatic rings. The Balaban J connectivity index is 2.60. The Labute approximate surface area is 99.7 Å². The lowest BCUT2D eigenvalue weighted by molar-refractivity contribution is 0.211. The summed E-state index contributed by atoms with van der Waals surface area (Å²) >= 11 is 0. The summed E-state index contributed by atoms with van der Waals surface area (Å²) < 4.78 is 0. The minimum atomic E-state index is 0.509. The maximum Gasteiger partial charge on any atom is 0.0234 e. The molecule has 1 aromatic carbocycles. The van der Waals surface area contributed by atoms with Crippen molar-refractivity contribution < 1.29 is 0 Å². The van der Waals surface area contributed by atoms with Crippen LogP contribution in [-0.2, 0) is 6.54 Å². The van der Waals surface area contributed by atoms with E-state index in [1.807, 2.05) is 7.05 Å². The van der Waals surface area contributed by atoms with Crippen LogP contribution in [0, 0.1) is 6.92 Å². The van der Waals surface area contributed by atoms with Crippen molar-refractivity contribution in [2.45, 2.75) is 39.4 Å². The fourth-order valence-electron chi connectivity index (χ4n) is 1.87. The molecule has 0 aliphatic carbocycles. The van der Waals surface area contributed by atoms with Crippen LogP contribution >= 0.6 is 0 Å². The fourth-order valence-corrected chi connectivity index (χ4v) is 1.87. The van der Waals surface area contributed by atoms with Crippen molar-refractivity contribution in [1.82, 2.24) is 10.2 Å². The maximum atomic E-state index is 3.30. The molecule has 0 fully saturated rings. The van der Waals surface area contributed by atoms with Crippen molar-refractivity contribution >= 4 is 0 Å². The van der Waals surface area contributed by atoms with Crippen molar-refractivity contribution in [3.05, 3.63) is 35.4 Å². The highest BCUT2D eigenvalue weighted by atomic mass is 15.1. The van der Waals surface area contributed by atoms with E-state index in [1.165, 1.54) is 11.1 Å². The van der Waals surface area contributed by atoms with Gasteiger partial charge in [-0.2, -0.15) is 0 Å². The molecule has 1 rings (SSSR count). The summed E-state index contributed by atoms with van der Waals surface area (Å²) in [5.41, 5.74) is 2.72. The van der Waals surface area contributed by atoms with E-state index >= 15 is 0 Å². The molecule has 2 nitrogen and oxygen atoms in total. The molecule has 0 aromatic heterocycles. The molecule has 0 amide bonds. The van der Waals surface area contributed by atoms with Crippen LogP contribution in [-0.4, -0.2) is 31.1 Å². The summed E-state index contributed by atoms with van der Waals surface area (Å²) in [5, 5.41) is 3.30. The molecule has 0 aliphatic heterocycles. The quantitative estimate of drug-likeness (QED) is 0.820. The Morgan fingerprint density at radius 3 is 2.56 bits per heavy atom. The molecule has 0 radical (unpaired) electrons. The number of rotatable bonds is 5. The molecule has 0 bridgehead atoms. The first-order chi connectivity index (χ1) is 7.54. The lowest BCUT2D eigenvalue weighted by atomic mass is 10.1. The zero-order valence-corrected chi connectivity index (χ0v) is 11.1. The average Bonchev–Trinajstić information content (AvgIpc) is 2.27. The van der Waals surface area contributed by atoms with E-state index in [4.69, 9.17) is 0 Å². The summed E-state index contributed by atoms with van der Waals surface area (Å²) in [7, 11) is 4.20. The van der Waals surface area contributed by atoms with Crippen molar-refractivity contribution in [3.8, 4) is 0 Å².